The first-order chi connectivity index (χ1) is 14.0. The molecule has 0 aliphatic carbocycles. The monoisotopic (exact) mass is 397 g/mol. The lowest BCUT2D eigenvalue weighted by Gasteiger charge is -2.30. The smallest absolute Gasteiger partial charge is 0.332 e. The zero-order valence-electron chi connectivity index (χ0n) is 17.4. The number of methoxy groups -OCH3 is 1. The maximum absolute atomic E-state index is 13.2. The van der Waals surface area contributed by atoms with Crippen LogP contribution >= 0.6 is 0 Å². The Labute approximate surface area is 169 Å². The van der Waals surface area contributed by atoms with Crippen LogP contribution < -0.4 is 20.9 Å². The number of ether oxygens (including phenoxy) is 1. The highest BCUT2D eigenvalue weighted by atomic mass is 16.5. The second-order valence-corrected chi connectivity index (χ2v) is 7.57. The van der Waals surface area contributed by atoms with E-state index in [1.807, 2.05) is 30.5 Å². The Morgan fingerprint density at radius 1 is 1.21 bits per heavy atom. The highest BCUT2D eigenvalue weighted by molar-refractivity contribution is 5.78. The van der Waals surface area contributed by atoms with E-state index in [2.05, 4.69) is 11.0 Å². The van der Waals surface area contributed by atoms with Crippen LogP contribution in [0.4, 0.5) is 11.6 Å². The van der Waals surface area contributed by atoms with Crippen molar-refractivity contribution in [1.29, 1.82) is 0 Å². The van der Waals surface area contributed by atoms with Gasteiger partial charge >= 0.3 is 5.69 Å². The number of imidazole rings is 1. The maximum atomic E-state index is 13.2. The zero-order chi connectivity index (χ0) is 20.7. The largest absolute Gasteiger partial charge is 0.495 e. The van der Waals surface area contributed by atoms with Crippen LogP contribution in [0, 0.1) is 6.92 Å². The number of unbranched alkanes of at least 4 members (excludes halogenated alkanes) is 1. The Kier molecular flexibility index (Phi) is 4.94. The Bertz CT molecular complexity index is 1190. The minimum atomic E-state index is -0.314. The Balaban J connectivity index is 1.97. The lowest BCUT2D eigenvalue weighted by Crippen LogP contribution is -2.40. The van der Waals surface area contributed by atoms with E-state index in [9.17, 15) is 9.59 Å². The van der Waals surface area contributed by atoms with Gasteiger partial charge in [-0.2, -0.15) is 4.98 Å². The predicted molar refractivity (Wildman–Crippen MR) is 113 cm³/mol. The van der Waals surface area contributed by atoms with Gasteiger partial charge in [0.05, 0.1) is 12.8 Å². The number of aromatic nitrogens is 4. The van der Waals surface area contributed by atoms with E-state index in [0.717, 1.165) is 42.8 Å². The SMILES string of the molecule is CCCCn1c(=O)c2c(nc3n2CCCN3c2cc(C)ccc2OC)n(C)c1=O. The summed E-state index contributed by atoms with van der Waals surface area (Å²) in [6, 6.07) is 6.01. The van der Waals surface area contributed by atoms with Gasteiger partial charge in [-0.15, -0.1) is 0 Å². The van der Waals surface area contributed by atoms with Crippen LogP contribution in [0.1, 0.15) is 31.7 Å². The number of hydrogen-bond acceptors (Lipinski definition) is 5. The molecule has 29 heavy (non-hydrogen) atoms. The number of benzene rings is 1. The summed E-state index contributed by atoms with van der Waals surface area (Å²) in [5.74, 6) is 1.43. The summed E-state index contributed by atoms with van der Waals surface area (Å²) >= 11 is 0. The summed E-state index contributed by atoms with van der Waals surface area (Å²) < 4.78 is 10.4. The third-order valence-corrected chi connectivity index (χ3v) is 5.58. The van der Waals surface area contributed by atoms with Crippen molar-refractivity contribution in [3.63, 3.8) is 0 Å². The third-order valence-electron chi connectivity index (χ3n) is 5.58. The number of anilines is 2. The molecule has 154 valence electrons. The molecule has 0 N–H and O–H groups in total. The van der Waals surface area contributed by atoms with Crippen LogP contribution in [-0.2, 0) is 20.1 Å². The lowest BCUT2D eigenvalue weighted by molar-refractivity contribution is 0.414. The molecule has 4 rings (SSSR count). The first-order valence-electron chi connectivity index (χ1n) is 10.1. The fraction of sp³-hybridized carbons (Fsp3) is 0.476. The van der Waals surface area contributed by atoms with Crippen LogP contribution in [0.15, 0.2) is 27.8 Å². The van der Waals surface area contributed by atoms with Gasteiger partial charge in [-0.1, -0.05) is 19.4 Å². The number of hydrogen-bond donors (Lipinski definition) is 0. The van der Waals surface area contributed by atoms with Gasteiger partial charge < -0.3 is 14.2 Å². The number of nitrogens with zero attached hydrogens (tertiary/aromatic N) is 5. The van der Waals surface area contributed by atoms with Gasteiger partial charge in [0.25, 0.3) is 5.56 Å². The van der Waals surface area contributed by atoms with E-state index >= 15 is 0 Å². The fourth-order valence-electron chi connectivity index (χ4n) is 4.02. The van der Waals surface area contributed by atoms with Crippen molar-refractivity contribution in [3.8, 4) is 5.75 Å². The summed E-state index contributed by atoms with van der Waals surface area (Å²) in [6.07, 6.45) is 2.57. The summed E-state index contributed by atoms with van der Waals surface area (Å²) in [5, 5.41) is 0. The van der Waals surface area contributed by atoms with Crippen LogP contribution in [-0.4, -0.2) is 32.3 Å². The molecule has 8 nitrogen and oxygen atoms in total. The molecule has 0 spiro atoms. The number of fused-ring (bicyclic) bond motifs is 3. The Morgan fingerprint density at radius 2 is 2.00 bits per heavy atom. The lowest BCUT2D eigenvalue weighted by atomic mass is 10.1. The van der Waals surface area contributed by atoms with Crippen LogP contribution in [0.2, 0.25) is 0 Å². The molecule has 0 unspecified atom stereocenters. The highest BCUT2D eigenvalue weighted by Gasteiger charge is 2.28. The molecule has 1 aromatic carbocycles. The molecule has 0 atom stereocenters. The maximum Gasteiger partial charge on any atom is 0.332 e. The summed E-state index contributed by atoms with van der Waals surface area (Å²) in [5.41, 5.74) is 2.39. The second kappa shape index (κ2) is 7.42. The molecule has 0 fully saturated rings. The predicted octanol–water partition coefficient (Wildman–Crippen LogP) is 2.56. The summed E-state index contributed by atoms with van der Waals surface area (Å²) in [4.78, 5) is 32.8. The average molecular weight is 397 g/mol. The molecule has 1 aliphatic rings. The van der Waals surface area contributed by atoms with Crippen molar-refractivity contribution in [2.45, 2.75) is 46.2 Å². The molecule has 0 amide bonds. The minimum Gasteiger partial charge on any atom is -0.495 e. The molecule has 1 aliphatic heterocycles. The van der Waals surface area contributed by atoms with Gasteiger partial charge in [-0.25, -0.2) is 4.79 Å². The molecule has 0 bridgehead atoms. The molecule has 0 radical (unpaired) electrons. The van der Waals surface area contributed by atoms with Gasteiger partial charge in [0, 0.05) is 26.7 Å². The fourth-order valence-corrected chi connectivity index (χ4v) is 4.02. The minimum absolute atomic E-state index is 0.256. The molecule has 3 heterocycles. The second-order valence-electron chi connectivity index (χ2n) is 7.57. The summed E-state index contributed by atoms with van der Waals surface area (Å²) in [7, 11) is 3.33. The first kappa shape index (κ1) is 19.3. The molecule has 3 aromatic rings. The first-order valence-corrected chi connectivity index (χ1v) is 10.1. The van der Waals surface area contributed by atoms with Crippen LogP contribution in [0.25, 0.3) is 11.2 Å². The normalized spacial score (nSPS) is 13.7. The van der Waals surface area contributed by atoms with Gasteiger partial charge in [0.15, 0.2) is 11.2 Å². The zero-order valence-corrected chi connectivity index (χ0v) is 17.4. The average Bonchev–Trinajstić information content (AvgIpc) is 3.12. The van der Waals surface area contributed by atoms with Crippen LogP contribution in [0.5, 0.6) is 5.75 Å². The van der Waals surface area contributed by atoms with Gasteiger partial charge in [0.2, 0.25) is 5.95 Å². The van der Waals surface area contributed by atoms with Crippen molar-refractivity contribution >= 4 is 22.8 Å². The van der Waals surface area contributed by atoms with E-state index in [-0.39, 0.29) is 11.2 Å². The molecule has 0 saturated heterocycles. The van der Waals surface area contributed by atoms with E-state index in [1.165, 1.54) is 9.13 Å². The van der Waals surface area contributed by atoms with E-state index in [0.29, 0.717) is 30.2 Å². The van der Waals surface area contributed by atoms with Crippen molar-refractivity contribution < 1.29 is 4.74 Å². The topological polar surface area (TPSA) is 74.3 Å². The standard InChI is InChI=1S/C21H27N5O3/c1-5-6-10-26-19(27)17-18(23(3)21(26)28)22-20-24(11-7-12-25(17)20)15-13-14(2)8-9-16(15)29-4/h8-9,13H,5-7,10-12H2,1-4H3. The van der Waals surface area contributed by atoms with E-state index in [4.69, 9.17) is 9.72 Å². The van der Waals surface area contributed by atoms with E-state index < -0.39 is 0 Å². The summed E-state index contributed by atoms with van der Waals surface area (Å²) in [6.45, 7) is 5.96. The van der Waals surface area contributed by atoms with Gasteiger partial charge in [-0.3, -0.25) is 13.9 Å². The quantitative estimate of drug-likeness (QED) is 0.662. The number of rotatable bonds is 5. The molecule has 0 saturated carbocycles. The van der Waals surface area contributed by atoms with Crippen molar-refractivity contribution in [2.75, 3.05) is 18.6 Å². The van der Waals surface area contributed by atoms with Crippen LogP contribution in [0.3, 0.4) is 0 Å². The molecular formula is C21H27N5O3. The van der Waals surface area contributed by atoms with Crippen molar-refractivity contribution in [1.82, 2.24) is 18.7 Å². The Hall–Kier alpha value is -3.03. The highest BCUT2D eigenvalue weighted by Crippen LogP contribution is 2.37. The molecule has 2 aromatic heterocycles. The Morgan fingerprint density at radius 3 is 2.72 bits per heavy atom. The molecule has 8 heteroatoms. The van der Waals surface area contributed by atoms with E-state index in [1.54, 1.807) is 14.2 Å². The van der Waals surface area contributed by atoms with Gasteiger partial charge in [0.1, 0.15) is 5.75 Å². The number of aryl methyl sites for hydroxylation is 3. The van der Waals surface area contributed by atoms with Gasteiger partial charge in [-0.05, 0) is 37.5 Å². The van der Waals surface area contributed by atoms with Crippen molar-refractivity contribution in [2.24, 2.45) is 7.05 Å². The third kappa shape index (κ3) is 3.03. The molecular weight excluding hydrogens is 370 g/mol. The van der Waals surface area contributed by atoms with Crippen molar-refractivity contribution in [3.05, 3.63) is 44.6 Å².